The SMILES string of the molecule is C=CC(=O)N(c1ccccn1)C(C=O)(CC)c1ccccn1. The second-order valence-electron chi connectivity index (χ2n) is 4.68. The number of aldehydes is 1. The fourth-order valence-electron chi connectivity index (χ4n) is 2.36. The summed E-state index contributed by atoms with van der Waals surface area (Å²) in [6.07, 6.45) is 5.45. The highest BCUT2D eigenvalue weighted by Crippen LogP contribution is 2.32. The van der Waals surface area contributed by atoms with Crippen molar-refractivity contribution in [2.24, 2.45) is 0 Å². The van der Waals surface area contributed by atoms with E-state index >= 15 is 0 Å². The summed E-state index contributed by atoms with van der Waals surface area (Å²) < 4.78 is 0. The molecule has 112 valence electrons. The lowest BCUT2D eigenvalue weighted by Gasteiger charge is -2.37. The van der Waals surface area contributed by atoms with Crippen molar-refractivity contribution in [2.45, 2.75) is 18.9 Å². The Balaban J connectivity index is 2.67. The summed E-state index contributed by atoms with van der Waals surface area (Å²) in [4.78, 5) is 34.2. The smallest absolute Gasteiger partial charge is 0.252 e. The lowest BCUT2D eigenvalue weighted by Crippen LogP contribution is -2.51. The quantitative estimate of drug-likeness (QED) is 0.607. The monoisotopic (exact) mass is 295 g/mol. The van der Waals surface area contributed by atoms with Crippen LogP contribution in [-0.4, -0.2) is 22.2 Å². The van der Waals surface area contributed by atoms with Gasteiger partial charge in [0.25, 0.3) is 5.91 Å². The highest BCUT2D eigenvalue weighted by Gasteiger charge is 2.42. The average molecular weight is 295 g/mol. The van der Waals surface area contributed by atoms with E-state index < -0.39 is 11.4 Å². The molecule has 1 atom stereocenters. The van der Waals surface area contributed by atoms with Gasteiger partial charge in [0.05, 0.1) is 5.69 Å². The first-order valence-electron chi connectivity index (χ1n) is 6.95. The molecule has 0 bridgehead atoms. The highest BCUT2D eigenvalue weighted by molar-refractivity contribution is 6.04. The third kappa shape index (κ3) is 2.65. The highest BCUT2D eigenvalue weighted by atomic mass is 16.2. The predicted octanol–water partition coefficient (Wildman–Crippen LogP) is 2.50. The van der Waals surface area contributed by atoms with Crippen LogP contribution in [0.1, 0.15) is 19.0 Å². The van der Waals surface area contributed by atoms with Gasteiger partial charge in [-0.25, -0.2) is 4.98 Å². The normalized spacial score (nSPS) is 13.0. The zero-order valence-corrected chi connectivity index (χ0v) is 12.3. The van der Waals surface area contributed by atoms with Crippen molar-refractivity contribution in [3.63, 3.8) is 0 Å². The van der Waals surface area contributed by atoms with E-state index in [1.54, 1.807) is 48.8 Å². The molecule has 1 amide bonds. The molecule has 0 spiro atoms. The second-order valence-corrected chi connectivity index (χ2v) is 4.68. The van der Waals surface area contributed by atoms with Crippen LogP contribution in [0.4, 0.5) is 5.82 Å². The summed E-state index contributed by atoms with van der Waals surface area (Å²) >= 11 is 0. The van der Waals surface area contributed by atoms with Gasteiger partial charge >= 0.3 is 0 Å². The van der Waals surface area contributed by atoms with Crippen LogP contribution in [0, 0.1) is 0 Å². The maximum atomic E-state index is 12.4. The summed E-state index contributed by atoms with van der Waals surface area (Å²) in [6.45, 7) is 5.36. The number of hydrogen-bond donors (Lipinski definition) is 0. The standard InChI is InChI=1S/C17H17N3O2/c1-3-16(22)20(15-10-6-8-12-19-15)17(4-2,13-21)14-9-5-7-11-18-14/h3,5-13H,1,4H2,2H3. The van der Waals surface area contributed by atoms with Crippen molar-refractivity contribution in [3.05, 3.63) is 67.1 Å². The van der Waals surface area contributed by atoms with Gasteiger partial charge in [-0.15, -0.1) is 0 Å². The fourth-order valence-corrected chi connectivity index (χ4v) is 2.36. The molecule has 0 saturated heterocycles. The van der Waals surface area contributed by atoms with Gasteiger partial charge in [-0.05, 0) is 36.8 Å². The summed E-state index contributed by atoms with van der Waals surface area (Å²) in [5.41, 5.74) is -0.727. The third-order valence-electron chi connectivity index (χ3n) is 3.51. The molecule has 2 heterocycles. The Morgan fingerprint density at radius 1 is 1.23 bits per heavy atom. The van der Waals surface area contributed by atoms with Crippen molar-refractivity contribution < 1.29 is 9.59 Å². The van der Waals surface area contributed by atoms with Crippen molar-refractivity contribution in [1.82, 2.24) is 9.97 Å². The van der Waals surface area contributed by atoms with Gasteiger partial charge in [0, 0.05) is 12.4 Å². The Morgan fingerprint density at radius 3 is 2.36 bits per heavy atom. The van der Waals surface area contributed by atoms with E-state index in [0.29, 0.717) is 17.9 Å². The average Bonchev–Trinajstić information content (AvgIpc) is 2.60. The van der Waals surface area contributed by atoms with Gasteiger partial charge in [0.1, 0.15) is 11.4 Å². The first kappa shape index (κ1) is 15.6. The van der Waals surface area contributed by atoms with Crippen LogP contribution in [-0.2, 0) is 15.1 Å². The van der Waals surface area contributed by atoms with E-state index in [2.05, 4.69) is 16.5 Å². The molecule has 2 aromatic rings. The zero-order chi connectivity index (χ0) is 16.0. The summed E-state index contributed by atoms with van der Waals surface area (Å²) in [5.74, 6) is -0.0229. The molecule has 0 saturated carbocycles. The van der Waals surface area contributed by atoms with Crippen LogP contribution < -0.4 is 4.90 Å². The van der Waals surface area contributed by atoms with Gasteiger partial charge < -0.3 is 4.79 Å². The molecule has 1 unspecified atom stereocenters. The number of anilines is 1. The topological polar surface area (TPSA) is 63.2 Å². The fraction of sp³-hybridized carbons (Fsp3) is 0.176. The van der Waals surface area contributed by atoms with E-state index in [-0.39, 0.29) is 0 Å². The largest absolute Gasteiger partial charge is 0.300 e. The van der Waals surface area contributed by atoms with Crippen molar-refractivity contribution >= 4 is 18.0 Å². The van der Waals surface area contributed by atoms with Crippen LogP contribution in [0.15, 0.2) is 61.4 Å². The molecule has 5 nitrogen and oxygen atoms in total. The molecule has 22 heavy (non-hydrogen) atoms. The minimum Gasteiger partial charge on any atom is -0.300 e. The van der Waals surface area contributed by atoms with Gasteiger partial charge in [0.2, 0.25) is 0 Å². The maximum absolute atomic E-state index is 12.4. The first-order valence-corrected chi connectivity index (χ1v) is 6.95. The minimum absolute atomic E-state index is 0.365. The molecular formula is C17H17N3O2. The molecule has 0 radical (unpaired) electrons. The Morgan fingerprint density at radius 2 is 1.91 bits per heavy atom. The Bertz CT molecular complexity index is 658. The van der Waals surface area contributed by atoms with Gasteiger partial charge in [-0.1, -0.05) is 25.6 Å². The van der Waals surface area contributed by atoms with Crippen molar-refractivity contribution in [2.75, 3.05) is 4.90 Å². The van der Waals surface area contributed by atoms with Crippen LogP contribution >= 0.6 is 0 Å². The van der Waals surface area contributed by atoms with E-state index in [9.17, 15) is 9.59 Å². The summed E-state index contributed by atoms with van der Waals surface area (Å²) in [7, 11) is 0. The second kappa shape index (κ2) is 6.76. The van der Waals surface area contributed by atoms with Gasteiger partial charge in [-0.3, -0.25) is 14.7 Å². The summed E-state index contributed by atoms with van der Waals surface area (Å²) in [6, 6.07) is 10.5. The van der Waals surface area contributed by atoms with E-state index in [0.717, 1.165) is 6.29 Å². The molecule has 0 aliphatic heterocycles. The molecule has 0 N–H and O–H groups in total. The molecular weight excluding hydrogens is 278 g/mol. The minimum atomic E-state index is -1.22. The Kier molecular flexibility index (Phi) is 4.78. The van der Waals surface area contributed by atoms with E-state index in [4.69, 9.17) is 0 Å². The van der Waals surface area contributed by atoms with Crippen LogP contribution in [0.3, 0.4) is 0 Å². The lowest BCUT2D eigenvalue weighted by atomic mass is 9.90. The van der Waals surface area contributed by atoms with Gasteiger partial charge in [-0.2, -0.15) is 0 Å². The maximum Gasteiger partial charge on any atom is 0.252 e. The van der Waals surface area contributed by atoms with Gasteiger partial charge in [0.15, 0.2) is 6.29 Å². The Hall–Kier alpha value is -2.82. The molecule has 0 aliphatic carbocycles. The zero-order valence-electron chi connectivity index (χ0n) is 12.3. The third-order valence-corrected chi connectivity index (χ3v) is 3.51. The number of pyridine rings is 2. The number of amides is 1. The summed E-state index contributed by atoms with van der Waals surface area (Å²) in [5, 5.41) is 0. The van der Waals surface area contributed by atoms with Crippen LogP contribution in [0.2, 0.25) is 0 Å². The number of aromatic nitrogens is 2. The number of rotatable bonds is 6. The first-order chi connectivity index (χ1) is 10.7. The predicted molar refractivity (Wildman–Crippen MR) is 84.2 cm³/mol. The van der Waals surface area contributed by atoms with E-state index in [1.807, 2.05) is 6.92 Å². The Labute approximate surface area is 129 Å². The van der Waals surface area contributed by atoms with Crippen LogP contribution in [0.25, 0.3) is 0 Å². The lowest BCUT2D eigenvalue weighted by molar-refractivity contribution is -0.120. The van der Waals surface area contributed by atoms with Crippen molar-refractivity contribution in [3.8, 4) is 0 Å². The van der Waals surface area contributed by atoms with E-state index in [1.165, 1.54) is 11.0 Å². The van der Waals surface area contributed by atoms with Crippen molar-refractivity contribution in [1.29, 1.82) is 0 Å². The molecule has 0 fully saturated rings. The molecule has 0 aliphatic rings. The molecule has 0 aromatic carbocycles. The molecule has 2 rings (SSSR count). The number of hydrogen-bond acceptors (Lipinski definition) is 4. The molecule has 5 heteroatoms. The number of nitrogens with zero attached hydrogens (tertiary/aromatic N) is 3. The number of carbonyl (C=O) groups is 2. The molecule has 2 aromatic heterocycles. The van der Waals surface area contributed by atoms with Crippen LogP contribution in [0.5, 0.6) is 0 Å². The number of carbonyl (C=O) groups excluding carboxylic acids is 2.